The molecule has 0 bridgehead atoms. The first-order chi connectivity index (χ1) is 15.9. The molecular formula is C28H27F3O2. The smallest absolute Gasteiger partial charge is 0.314 e. The number of esters is 1. The molecule has 1 saturated carbocycles. The average molecular weight is 453 g/mol. The van der Waals surface area contributed by atoms with Gasteiger partial charge in [-0.3, -0.25) is 4.79 Å². The van der Waals surface area contributed by atoms with Crippen molar-refractivity contribution in [2.45, 2.75) is 51.9 Å². The molecule has 5 heteroatoms. The van der Waals surface area contributed by atoms with Gasteiger partial charge in [0.1, 0.15) is 0 Å². The minimum Gasteiger partial charge on any atom is -0.423 e. The van der Waals surface area contributed by atoms with Crippen molar-refractivity contribution in [2.75, 3.05) is 0 Å². The summed E-state index contributed by atoms with van der Waals surface area (Å²) in [5.74, 6) is -3.32. The number of halogens is 3. The summed E-state index contributed by atoms with van der Waals surface area (Å²) in [7, 11) is 0. The third kappa shape index (κ3) is 4.97. The zero-order chi connectivity index (χ0) is 23.5. The van der Waals surface area contributed by atoms with Crippen molar-refractivity contribution in [3.05, 3.63) is 88.7 Å². The van der Waals surface area contributed by atoms with Crippen LogP contribution in [0.3, 0.4) is 0 Å². The van der Waals surface area contributed by atoms with Gasteiger partial charge in [0.2, 0.25) is 0 Å². The number of carbonyl (C=O) groups is 1. The number of rotatable bonds is 5. The molecule has 172 valence electrons. The molecule has 0 aliphatic heterocycles. The molecule has 0 amide bonds. The molecule has 0 aromatic heterocycles. The van der Waals surface area contributed by atoms with E-state index >= 15 is 0 Å². The maximum absolute atomic E-state index is 15.0. The summed E-state index contributed by atoms with van der Waals surface area (Å²) in [6.07, 6.45) is 2.74. The lowest BCUT2D eigenvalue weighted by molar-refractivity contribution is -0.140. The molecular weight excluding hydrogens is 425 g/mol. The fourth-order valence-corrected chi connectivity index (χ4v) is 4.51. The third-order valence-corrected chi connectivity index (χ3v) is 6.59. The monoisotopic (exact) mass is 452 g/mol. The second-order valence-corrected chi connectivity index (χ2v) is 8.78. The summed E-state index contributed by atoms with van der Waals surface area (Å²) in [6, 6.07) is 15.2. The zero-order valence-electron chi connectivity index (χ0n) is 18.8. The molecule has 3 aromatic rings. The van der Waals surface area contributed by atoms with Crippen LogP contribution in [0.25, 0.3) is 11.1 Å². The lowest BCUT2D eigenvalue weighted by atomic mass is 9.78. The fourth-order valence-electron chi connectivity index (χ4n) is 4.51. The van der Waals surface area contributed by atoms with Crippen LogP contribution in [0.5, 0.6) is 5.75 Å². The van der Waals surface area contributed by atoms with Gasteiger partial charge in [0.25, 0.3) is 0 Å². The van der Waals surface area contributed by atoms with Crippen LogP contribution in [-0.4, -0.2) is 5.97 Å². The predicted octanol–water partition coefficient (Wildman–Crippen LogP) is 7.52. The van der Waals surface area contributed by atoms with E-state index in [4.69, 9.17) is 4.74 Å². The molecule has 0 spiro atoms. The Morgan fingerprint density at radius 1 is 0.909 bits per heavy atom. The van der Waals surface area contributed by atoms with Gasteiger partial charge in [0.05, 0.1) is 5.92 Å². The highest BCUT2D eigenvalue weighted by Crippen LogP contribution is 2.39. The van der Waals surface area contributed by atoms with E-state index < -0.39 is 23.4 Å². The Hall–Kier alpha value is -3.08. The van der Waals surface area contributed by atoms with E-state index in [2.05, 4.69) is 0 Å². The van der Waals surface area contributed by atoms with Crippen molar-refractivity contribution < 1.29 is 22.7 Å². The molecule has 1 aliphatic rings. The van der Waals surface area contributed by atoms with Gasteiger partial charge in [0.15, 0.2) is 23.2 Å². The first-order valence-corrected chi connectivity index (χ1v) is 11.4. The van der Waals surface area contributed by atoms with Gasteiger partial charge in [-0.05, 0) is 73.8 Å². The summed E-state index contributed by atoms with van der Waals surface area (Å²) in [5.41, 5.74) is 3.10. The van der Waals surface area contributed by atoms with E-state index in [1.165, 1.54) is 12.1 Å². The number of benzene rings is 3. The minimum atomic E-state index is -0.844. The number of hydrogen-bond donors (Lipinski definition) is 0. The Labute approximate surface area is 192 Å². The van der Waals surface area contributed by atoms with Crippen molar-refractivity contribution in [3.8, 4) is 16.9 Å². The van der Waals surface area contributed by atoms with Crippen LogP contribution in [0.2, 0.25) is 0 Å². The summed E-state index contributed by atoms with van der Waals surface area (Å²) in [6.45, 7) is 3.86. The number of aryl methyl sites for hydroxylation is 2. The summed E-state index contributed by atoms with van der Waals surface area (Å²) < 4.78 is 49.3. The van der Waals surface area contributed by atoms with Gasteiger partial charge < -0.3 is 4.74 Å². The number of carbonyl (C=O) groups excluding carboxylic acids is 1. The van der Waals surface area contributed by atoms with Gasteiger partial charge >= 0.3 is 5.97 Å². The second kappa shape index (κ2) is 9.82. The third-order valence-electron chi connectivity index (χ3n) is 6.59. The number of ether oxygens (including phenoxy) is 1. The molecule has 0 unspecified atom stereocenters. The van der Waals surface area contributed by atoms with Crippen molar-refractivity contribution in [2.24, 2.45) is 5.92 Å². The van der Waals surface area contributed by atoms with Gasteiger partial charge in [0, 0.05) is 5.56 Å². The van der Waals surface area contributed by atoms with Crippen molar-refractivity contribution in [3.63, 3.8) is 0 Å². The maximum Gasteiger partial charge on any atom is 0.314 e. The van der Waals surface area contributed by atoms with Crippen LogP contribution in [0.4, 0.5) is 13.2 Å². The SMILES string of the molecule is CCc1ccc(OC(=O)C2CCC(c3ccc(-c4ccc(C)cc4)c(F)c3F)CC2)c(F)c1. The molecule has 0 atom stereocenters. The van der Waals surface area contributed by atoms with E-state index in [-0.39, 0.29) is 23.1 Å². The normalized spacial score (nSPS) is 18.2. The predicted molar refractivity (Wildman–Crippen MR) is 123 cm³/mol. The van der Waals surface area contributed by atoms with E-state index in [0.29, 0.717) is 43.2 Å². The summed E-state index contributed by atoms with van der Waals surface area (Å²) in [4.78, 5) is 12.5. The van der Waals surface area contributed by atoms with Gasteiger partial charge in [-0.15, -0.1) is 0 Å². The molecule has 3 aromatic carbocycles. The maximum atomic E-state index is 15.0. The van der Waals surface area contributed by atoms with Gasteiger partial charge in [-0.25, -0.2) is 13.2 Å². The molecule has 0 heterocycles. The van der Waals surface area contributed by atoms with E-state index in [9.17, 15) is 18.0 Å². The topological polar surface area (TPSA) is 26.3 Å². The van der Waals surface area contributed by atoms with Crippen LogP contribution in [0.15, 0.2) is 54.6 Å². The molecule has 0 saturated heterocycles. The highest BCUT2D eigenvalue weighted by molar-refractivity contribution is 5.75. The zero-order valence-corrected chi connectivity index (χ0v) is 18.8. The standard InChI is InChI=1S/C28H27F3O2/c1-3-18-6-15-25(24(29)16-18)33-28(32)21-11-9-20(10-12-21)23-14-13-22(26(30)27(23)31)19-7-4-17(2)5-8-19/h4-8,13-16,20-21H,3,9-12H2,1-2H3. The molecule has 2 nitrogen and oxygen atoms in total. The van der Waals surface area contributed by atoms with Crippen molar-refractivity contribution >= 4 is 5.97 Å². The Morgan fingerprint density at radius 3 is 2.24 bits per heavy atom. The lowest BCUT2D eigenvalue weighted by Crippen LogP contribution is -2.25. The van der Waals surface area contributed by atoms with Crippen LogP contribution < -0.4 is 4.74 Å². The molecule has 0 N–H and O–H groups in total. The molecule has 4 rings (SSSR count). The van der Waals surface area contributed by atoms with Crippen molar-refractivity contribution in [1.29, 1.82) is 0 Å². The summed E-state index contributed by atoms with van der Waals surface area (Å²) in [5, 5.41) is 0. The Kier molecular flexibility index (Phi) is 6.87. The fraction of sp³-hybridized carbons (Fsp3) is 0.321. The van der Waals surface area contributed by atoms with Gasteiger partial charge in [-0.1, -0.05) is 55.0 Å². The molecule has 1 aliphatic carbocycles. The number of hydrogen-bond acceptors (Lipinski definition) is 2. The minimum absolute atomic E-state index is 0.0702. The quantitative estimate of drug-likeness (QED) is 0.296. The van der Waals surface area contributed by atoms with Crippen LogP contribution in [0, 0.1) is 30.3 Å². The lowest BCUT2D eigenvalue weighted by Gasteiger charge is -2.28. The van der Waals surface area contributed by atoms with Crippen molar-refractivity contribution in [1.82, 2.24) is 0 Å². The first kappa shape index (κ1) is 23.1. The molecule has 1 fully saturated rings. The Balaban J connectivity index is 1.42. The van der Waals surface area contributed by atoms with E-state index in [1.807, 2.05) is 26.0 Å². The molecule has 0 radical (unpaired) electrons. The summed E-state index contributed by atoms with van der Waals surface area (Å²) >= 11 is 0. The van der Waals surface area contributed by atoms with E-state index in [1.54, 1.807) is 30.3 Å². The van der Waals surface area contributed by atoms with Crippen LogP contribution in [-0.2, 0) is 11.2 Å². The van der Waals surface area contributed by atoms with Crippen LogP contribution >= 0.6 is 0 Å². The Bertz CT molecular complexity index is 1150. The van der Waals surface area contributed by atoms with E-state index in [0.717, 1.165) is 11.1 Å². The first-order valence-electron chi connectivity index (χ1n) is 11.4. The average Bonchev–Trinajstić information content (AvgIpc) is 2.83. The highest BCUT2D eigenvalue weighted by Gasteiger charge is 2.31. The molecule has 33 heavy (non-hydrogen) atoms. The van der Waals surface area contributed by atoms with Crippen LogP contribution in [0.1, 0.15) is 55.2 Å². The Morgan fingerprint density at radius 2 is 1.61 bits per heavy atom. The largest absolute Gasteiger partial charge is 0.423 e. The second-order valence-electron chi connectivity index (χ2n) is 8.78. The highest BCUT2D eigenvalue weighted by atomic mass is 19.2. The van der Waals surface area contributed by atoms with Gasteiger partial charge in [-0.2, -0.15) is 0 Å².